The Morgan fingerprint density at radius 3 is 2.90 bits per heavy atom. The minimum Gasteiger partial charge on any atom is -0.440 e. The van der Waals surface area contributed by atoms with E-state index in [9.17, 15) is 4.79 Å². The molecule has 29 heavy (non-hydrogen) atoms. The molecule has 0 aliphatic heterocycles. The van der Waals surface area contributed by atoms with Gasteiger partial charge in [0, 0.05) is 0 Å². The molecular formula is C21H22N4O2S2. The van der Waals surface area contributed by atoms with Gasteiger partial charge in [-0.3, -0.25) is 4.79 Å². The topological polar surface area (TPSA) is 83.8 Å². The molecule has 0 radical (unpaired) electrons. The van der Waals surface area contributed by atoms with Crippen molar-refractivity contribution in [2.24, 2.45) is 0 Å². The molecule has 2 N–H and O–H groups in total. The van der Waals surface area contributed by atoms with Gasteiger partial charge < -0.3 is 14.7 Å². The standard InChI is InChI=1S/C21H22N4O2S2/c1-13-17(25-21(27-13)18-8-5-10-29-18)12-19(26)22-16(9-11-28-2)20-23-14-6-3-4-7-15(14)24-20/h3-8,10,16H,9,11-12H2,1-2H3,(H,22,26)(H,23,24). The zero-order chi connectivity index (χ0) is 20.2. The Balaban J connectivity index is 1.49. The van der Waals surface area contributed by atoms with Crippen LogP contribution >= 0.6 is 23.1 Å². The molecule has 0 bridgehead atoms. The summed E-state index contributed by atoms with van der Waals surface area (Å²) in [5.74, 6) is 2.85. The molecule has 0 aliphatic rings. The number of nitrogens with one attached hydrogen (secondary N) is 2. The van der Waals surface area contributed by atoms with E-state index in [1.165, 1.54) is 0 Å². The van der Waals surface area contributed by atoms with E-state index >= 15 is 0 Å². The maximum atomic E-state index is 12.8. The number of carbonyl (C=O) groups excluding carboxylic acids is 1. The second-order valence-corrected chi connectivity index (χ2v) is 8.65. The number of benzene rings is 1. The second-order valence-electron chi connectivity index (χ2n) is 6.72. The molecule has 0 saturated carbocycles. The van der Waals surface area contributed by atoms with Crippen molar-refractivity contribution in [3.63, 3.8) is 0 Å². The molecule has 4 rings (SSSR count). The zero-order valence-electron chi connectivity index (χ0n) is 16.3. The van der Waals surface area contributed by atoms with Crippen LogP contribution in [0.2, 0.25) is 0 Å². The molecule has 0 fully saturated rings. The average molecular weight is 427 g/mol. The third kappa shape index (κ3) is 4.54. The summed E-state index contributed by atoms with van der Waals surface area (Å²) in [5, 5.41) is 5.10. The highest BCUT2D eigenvalue weighted by molar-refractivity contribution is 7.98. The van der Waals surface area contributed by atoms with Crippen LogP contribution in [0.15, 0.2) is 46.2 Å². The lowest BCUT2D eigenvalue weighted by atomic mass is 10.2. The fraction of sp³-hybridized carbons (Fsp3) is 0.286. The highest BCUT2D eigenvalue weighted by Crippen LogP contribution is 2.26. The summed E-state index contributed by atoms with van der Waals surface area (Å²) in [6.07, 6.45) is 3.03. The van der Waals surface area contributed by atoms with Crippen LogP contribution in [-0.4, -0.2) is 32.9 Å². The van der Waals surface area contributed by atoms with Crippen molar-refractivity contribution < 1.29 is 9.21 Å². The molecule has 0 aliphatic carbocycles. The highest BCUT2D eigenvalue weighted by Gasteiger charge is 2.21. The van der Waals surface area contributed by atoms with Crippen LogP contribution in [0, 0.1) is 6.92 Å². The number of imidazole rings is 1. The van der Waals surface area contributed by atoms with E-state index in [-0.39, 0.29) is 18.4 Å². The van der Waals surface area contributed by atoms with Gasteiger partial charge in [0.25, 0.3) is 0 Å². The predicted octanol–water partition coefficient (Wildman–Crippen LogP) is 4.74. The number of H-pyrrole nitrogens is 1. The highest BCUT2D eigenvalue weighted by atomic mass is 32.2. The summed E-state index contributed by atoms with van der Waals surface area (Å²) in [6, 6.07) is 11.6. The van der Waals surface area contributed by atoms with E-state index in [2.05, 4.69) is 26.5 Å². The van der Waals surface area contributed by atoms with E-state index in [0.29, 0.717) is 17.3 Å². The summed E-state index contributed by atoms with van der Waals surface area (Å²) >= 11 is 3.31. The number of aromatic nitrogens is 3. The average Bonchev–Trinajstić information content (AvgIpc) is 3.45. The van der Waals surface area contributed by atoms with Crippen LogP contribution in [0.25, 0.3) is 21.8 Å². The first-order chi connectivity index (χ1) is 14.1. The van der Waals surface area contributed by atoms with Gasteiger partial charge in [0.1, 0.15) is 11.6 Å². The van der Waals surface area contributed by atoms with Gasteiger partial charge in [0.15, 0.2) is 0 Å². The van der Waals surface area contributed by atoms with Gasteiger partial charge in [-0.2, -0.15) is 11.8 Å². The van der Waals surface area contributed by atoms with Crippen molar-refractivity contribution in [3.05, 3.63) is 59.1 Å². The number of fused-ring (bicyclic) bond motifs is 1. The zero-order valence-corrected chi connectivity index (χ0v) is 17.9. The van der Waals surface area contributed by atoms with Crippen LogP contribution < -0.4 is 5.32 Å². The molecule has 3 heterocycles. The molecule has 4 aromatic rings. The molecule has 1 atom stereocenters. The fourth-order valence-corrected chi connectivity index (χ4v) is 4.27. The first-order valence-electron chi connectivity index (χ1n) is 9.37. The number of oxazole rings is 1. The molecule has 1 amide bonds. The van der Waals surface area contributed by atoms with Crippen molar-refractivity contribution in [1.82, 2.24) is 20.3 Å². The Labute approximate surface area is 177 Å². The summed E-state index contributed by atoms with van der Waals surface area (Å²) in [6.45, 7) is 1.84. The summed E-state index contributed by atoms with van der Waals surface area (Å²) in [7, 11) is 0. The smallest absolute Gasteiger partial charge is 0.236 e. The van der Waals surface area contributed by atoms with E-state index in [1.807, 2.05) is 48.7 Å². The molecule has 3 aromatic heterocycles. The first-order valence-corrected chi connectivity index (χ1v) is 11.6. The quantitative estimate of drug-likeness (QED) is 0.425. The van der Waals surface area contributed by atoms with Crippen LogP contribution in [0.5, 0.6) is 0 Å². The number of nitrogens with zero attached hydrogens (tertiary/aromatic N) is 2. The minimum absolute atomic E-state index is 0.0920. The molecule has 0 saturated heterocycles. The number of aryl methyl sites for hydroxylation is 1. The summed E-state index contributed by atoms with van der Waals surface area (Å²) < 4.78 is 5.75. The lowest BCUT2D eigenvalue weighted by Gasteiger charge is -2.16. The first kappa shape index (κ1) is 19.7. The predicted molar refractivity (Wildman–Crippen MR) is 118 cm³/mol. The van der Waals surface area contributed by atoms with Gasteiger partial charge in [-0.15, -0.1) is 11.3 Å². The fourth-order valence-electron chi connectivity index (χ4n) is 3.15. The number of hydrogen-bond donors (Lipinski definition) is 2. The van der Waals surface area contributed by atoms with Crippen LogP contribution in [0.4, 0.5) is 0 Å². The molecule has 1 unspecified atom stereocenters. The summed E-state index contributed by atoms with van der Waals surface area (Å²) in [5.41, 5.74) is 2.54. The van der Waals surface area contributed by atoms with Gasteiger partial charge >= 0.3 is 0 Å². The molecular weight excluding hydrogens is 404 g/mol. The minimum atomic E-state index is -0.175. The van der Waals surface area contributed by atoms with Gasteiger partial charge in [0.2, 0.25) is 11.8 Å². The molecule has 0 spiro atoms. The molecule has 150 valence electrons. The number of rotatable bonds is 8. The van der Waals surface area contributed by atoms with Gasteiger partial charge in [-0.1, -0.05) is 18.2 Å². The van der Waals surface area contributed by atoms with Crippen molar-refractivity contribution in [1.29, 1.82) is 0 Å². The number of carbonyl (C=O) groups is 1. The number of thiophene rings is 1. The Morgan fingerprint density at radius 2 is 2.14 bits per heavy atom. The van der Waals surface area contributed by atoms with Crippen LogP contribution in [-0.2, 0) is 11.2 Å². The van der Waals surface area contributed by atoms with Gasteiger partial charge in [-0.25, -0.2) is 9.97 Å². The van der Waals surface area contributed by atoms with E-state index in [0.717, 1.165) is 33.9 Å². The number of amides is 1. The lowest BCUT2D eigenvalue weighted by molar-refractivity contribution is -0.121. The normalized spacial score (nSPS) is 12.3. The van der Waals surface area contributed by atoms with Crippen molar-refractivity contribution in [3.8, 4) is 10.8 Å². The van der Waals surface area contributed by atoms with E-state index in [1.54, 1.807) is 23.1 Å². The van der Waals surface area contributed by atoms with Crippen LogP contribution in [0.3, 0.4) is 0 Å². The van der Waals surface area contributed by atoms with Crippen LogP contribution in [0.1, 0.15) is 29.7 Å². The molecule has 6 nitrogen and oxygen atoms in total. The van der Waals surface area contributed by atoms with Crippen molar-refractivity contribution in [2.75, 3.05) is 12.0 Å². The third-order valence-electron chi connectivity index (χ3n) is 4.64. The Bertz CT molecular complexity index is 1070. The van der Waals surface area contributed by atoms with Gasteiger partial charge in [-0.05, 0) is 48.9 Å². The Kier molecular flexibility index (Phi) is 6.01. The third-order valence-corrected chi connectivity index (χ3v) is 6.14. The Morgan fingerprint density at radius 1 is 1.28 bits per heavy atom. The lowest BCUT2D eigenvalue weighted by Crippen LogP contribution is -2.31. The van der Waals surface area contributed by atoms with E-state index in [4.69, 9.17) is 4.42 Å². The summed E-state index contributed by atoms with van der Waals surface area (Å²) in [4.78, 5) is 26.3. The second kappa shape index (κ2) is 8.84. The van der Waals surface area contributed by atoms with E-state index < -0.39 is 0 Å². The molecule has 8 heteroatoms. The number of hydrogen-bond acceptors (Lipinski definition) is 6. The SMILES string of the molecule is CSCCC(NC(=O)Cc1nc(-c2cccs2)oc1C)c1nc2ccccc2[nH]1. The largest absolute Gasteiger partial charge is 0.440 e. The van der Waals surface area contributed by atoms with Crippen molar-refractivity contribution in [2.45, 2.75) is 25.8 Å². The molecule has 1 aromatic carbocycles. The monoisotopic (exact) mass is 426 g/mol. The number of thioether (sulfide) groups is 1. The maximum absolute atomic E-state index is 12.8. The van der Waals surface area contributed by atoms with Gasteiger partial charge in [0.05, 0.1) is 34.1 Å². The number of para-hydroxylation sites is 2. The number of aromatic amines is 1. The maximum Gasteiger partial charge on any atom is 0.236 e. The van der Waals surface area contributed by atoms with Crippen molar-refractivity contribution >= 4 is 40.0 Å². The Hall–Kier alpha value is -2.58.